The second-order valence-electron chi connectivity index (χ2n) is 11.2. The number of ether oxygens (including phenoxy) is 1. The third-order valence-electron chi connectivity index (χ3n) is 6.37. The van der Waals surface area contributed by atoms with Crippen molar-refractivity contribution in [2.75, 3.05) is 13.2 Å². The van der Waals surface area contributed by atoms with Crippen LogP contribution in [-0.4, -0.2) is 42.2 Å². The maximum Gasteiger partial charge on any atom is 0.247 e. The Balaban J connectivity index is 2.28. The first kappa shape index (κ1) is 31.5. The van der Waals surface area contributed by atoms with Gasteiger partial charge in [-0.2, -0.15) is 0 Å². The lowest BCUT2D eigenvalue weighted by atomic mass is 9.82. The first-order valence-corrected chi connectivity index (χ1v) is 14.0. The standard InChI is InChI=1S/C30H47N3O5/c1-21(2)19-26(28(34)31-33(20-22(3)4)30(36)23(5)6)25(16-12-15-24-13-8-7-9-14-24)29(35)32-38-27-17-10-11-18-37-27/h7-9,12-15,21-23,25-27H,10-11,16-20H2,1-6H3,(H,31,34)(H,32,35)/t25-,26?,27+/m1/s1. The highest BCUT2D eigenvalue weighted by molar-refractivity contribution is 5.89. The van der Waals surface area contributed by atoms with Gasteiger partial charge in [0, 0.05) is 25.5 Å². The van der Waals surface area contributed by atoms with Gasteiger partial charge in [-0.15, -0.1) is 0 Å². The number of hydrogen-bond acceptors (Lipinski definition) is 5. The van der Waals surface area contributed by atoms with E-state index in [4.69, 9.17) is 9.57 Å². The van der Waals surface area contributed by atoms with Crippen molar-refractivity contribution in [1.82, 2.24) is 15.9 Å². The van der Waals surface area contributed by atoms with Crippen molar-refractivity contribution >= 4 is 23.8 Å². The van der Waals surface area contributed by atoms with E-state index in [1.54, 1.807) is 0 Å². The van der Waals surface area contributed by atoms with Gasteiger partial charge >= 0.3 is 0 Å². The van der Waals surface area contributed by atoms with Gasteiger partial charge < -0.3 is 4.74 Å². The normalized spacial score (nSPS) is 17.6. The molecule has 0 aromatic heterocycles. The van der Waals surface area contributed by atoms with E-state index >= 15 is 0 Å². The number of hydrogen-bond donors (Lipinski definition) is 2. The van der Waals surface area contributed by atoms with Gasteiger partial charge in [0.15, 0.2) is 6.29 Å². The molecule has 1 heterocycles. The third-order valence-corrected chi connectivity index (χ3v) is 6.37. The predicted octanol–water partition coefficient (Wildman–Crippen LogP) is 5.11. The molecule has 212 valence electrons. The fourth-order valence-electron chi connectivity index (χ4n) is 4.42. The first-order valence-electron chi connectivity index (χ1n) is 14.0. The molecule has 38 heavy (non-hydrogen) atoms. The Morgan fingerprint density at radius 2 is 1.71 bits per heavy atom. The predicted molar refractivity (Wildman–Crippen MR) is 149 cm³/mol. The van der Waals surface area contributed by atoms with Gasteiger partial charge in [-0.1, -0.05) is 84.0 Å². The quantitative estimate of drug-likeness (QED) is 0.346. The van der Waals surface area contributed by atoms with Crippen molar-refractivity contribution in [1.29, 1.82) is 0 Å². The number of carbonyl (C=O) groups excluding carboxylic acids is 3. The van der Waals surface area contributed by atoms with Crippen LogP contribution in [0.25, 0.3) is 6.08 Å². The van der Waals surface area contributed by atoms with Crippen LogP contribution in [0, 0.1) is 29.6 Å². The van der Waals surface area contributed by atoms with E-state index in [1.807, 2.05) is 84.0 Å². The van der Waals surface area contributed by atoms with E-state index in [9.17, 15) is 14.4 Å². The number of hydroxylamine groups is 1. The highest BCUT2D eigenvalue weighted by Gasteiger charge is 2.36. The highest BCUT2D eigenvalue weighted by Crippen LogP contribution is 2.26. The van der Waals surface area contributed by atoms with Crippen LogP contribution in [0.1, 0.15) is 79.2 Å². The zero-order chi connectivity index (χ0) is 28.1. The number of rotatable bonds is 13. The summed E-state index contributed by atoms with van der Waals surface area (Å²) < 4.78 is 5.58. The summed E-state index contributed by atoms with van der Waals surface area (Å²) in [6.07, 6.45) is 6.84. The molecule has 1 unspecified atom stereocenters. The van der Waals surface area contributed by atoms with Crippen molar-refractivity contribution in [2.45, 2.75) is 79.9 Å². The van der Waals surface area contributed by atoms with Gasteiger partial charge in [0.05, 0.1) is 11.8 Å². The Bertz CT molecular complexity index is 894. The molecule has 1 aliphatic heterocycles. The monoisotopic (exact) mass is 529 g/mol. The number of nitrogens with one attached hydrogen (secondary N) is 2. The summed E-state index contributed by atoms with van der Waals surface area (Å²) in [5.74, 6) is -2.18. The van der Waals surface area contributed by atoms with E-state index < -0.39 is 18.1 Å². The van der Waals surface area contributed by atoms with Crippen molar-refractivity contribution < 1.29 is 24.0 Å². The molecule has 1 saturated heterocycles. The second kappa shape index (κ2) is 16.3. The Kier molecular flexibility index (Phi) is 13.5. The molecule has 0 spiro atoms. The molecule has 3 amide bonds. The number of allylic oxidation sites excluding steroid dienone is 1. The minimum Gasteiger partial charge on any atom is -0.350 e. The number of nitrogens with zero attached hydrogens (tertiary/aromatic N) is 1. The summed E-state index contributed by atoms with van der Waals surface area (Å²) in [6, 6.07) is 9.81. The Morgan fingerprint density at radius 3 is 2.29 bits per heavy atom. The molecule has 0 saturated carbocycles. The summed E-state index contributed by atoms with van der Waals surface area (Å²) in [5.41, 5.74) is 6.45. The fourth-order valence-corrected chi connectivity index (χ4v) is 4.42. The molecule has 1 aliphatic rings. The van der Waals surface area contributed by atoms with Crippen molar-refractivity contribution in [3.8, 4) is 0 Å². The summed E-state index contributed by atoms with van der Waals surface area (Å²) in [5, 5.41) is 1.41. The maximum absolute atomic E-state index is 13.7. The van der Waals surface area contributed by atoms with Gasteiger partial charge in [0.2, 0.25) is 17.7 Å². The molecule has 1 aromatic rings. The smallest absolute Gasteiger partial charge is 0.247 e. The van der Waals surface area contributed by atoms with Crippen molar-refractivity contribution in [2.24, 2.45) is 29.6 Å². The molecule has 0 bridgehead atoms. The molecule has 1 fully saturated rings. The molecular weight excluding hydrogens is 482 g/mol. The lowest BCUT2D eigenvalue weighted by Gasteiger charge is -2.32. The van der Waals surface area contributed by atoms with Crippen LogP contribution in [0.3, 0.4) is 0 Å². The molecule has 2 N–H and O–H groups in total. The number of carbonyl (C=O) groups is 3. The van der Waals surface area contributed by atoms with E-state index in [2.05, 4.69) is 10.9 Å². The fraction of sp³-hybridized carbons (Fsp3) is 0.633. The molecule has 8 heteroatoms. The highest BCUT2D eigenvalue weighted by atomic mass is 16.8. The first-order chi connectivity index (χ1) is 18.1. The molecular formula is C30H47N3O5. The van der Waals surface area contributed by atoms with Crippen LogP contribution in [0.4, 0.5) is 0 Å². The summed E-state index contributed by atoms with van der Waals surface area (Å²) in [4.78, 5) is 45.6. The zero-order valence-electron chi connectivity index (χ0n) is 23.9. The molecule has 2 rings (SSSR count). The largest absolute Gasteiger partial charge is 0.350 e. The maximum atomic E-state index is 13.7. The van der Waals surface area contributed by atoms with Crippen molar-refractivity contribution in [3.05, 3.63) is 42.0 Å². The van der Waals surface area contributed by atoms with Crippen LogP contribution < -0.4 is 10.9 Å². The average molecular weight is 530 g/mol. The molecule has 3 atom stereocenters. The minimum absolute atomic E-state index is 0.154. The number of hydrazine groups is 1. The number of benzene rings is 1. The van der Waals surface area contributed by atoms with Crippen LogP contribution in [0.2, 0.25) is 0 Å². The van der Waals surface area contributed by atoms with Gasteiger partial charge in [-0.05, 0) is 43.1 Å². The SMILES string of the molecule is CC(C)CC(C(=O)NN(CC(C)C)C(=O)C(C)C)[C@@H](CC=Cc1ccccc1)C(=O)NO[C@H]1CCCCO1. The van der Waals surface area contributed by atoms with Gasteiger partial charge in [0.25, 0.3) is 0 Å². The topological polar surface area (TPSA) is 97.0 Å². The van der Waals surface area contributed by atoms with Crippen molar-refractivity contribution in [3.63, 3.8) is 0 Å². The van der Waals surface area contributed by atoms with E-state index in [-0.39, 0.29) is 35.5 Å². The third kappa shape index (κ3) is 11.0. The van der Waals surface area contributed by atoms with Crippen LogP contribution >= 0.6 is 0 Å². The Labute approximate surface area is 228 Å². The van der Waals surface area contributed by atoms with E-state index in [0.717, 1.165) is 18.4 Å². The van der Waals surface area contributed by atoms with E-state index in [1.165, 1.54) is 5.01 Å². The van der Waals surface area contributed by atoms with Crippen LogP contribution in [-0.2, 0) is 24.0 Å². The van der Waals surface area contributed by atoms with Crippen LogP contribution in [0.15, 0.2) is 36.4 Å². The average Bonchev–Trinajstić information content (AvgIpc) is 2.88. The van der Waals surface area contributed by atoms with Gasteiger partial charge in [0.1, 0.15) is 0 Å². The number of amides is 3. The Morgan fingerprint density at radius 1 is 1.00 bits per heavy atom. The van der Waals surface area contributed by atoms with Gasteiger partial charge in [-0.25, -0.2) is 10.3 Å². The molecule has 8 nitrogen and oxygen atoms in total. The molecule has 0 radical (unpaired) electrons. The lowest BCUT2D eigenvalue weighted by Crippen LogP contribution is -2.53. The van der Waals surface area contributed by atoms with Crippen LogP contribution in [0.5, 0.6) is 0 Å². The lowest BCUT2D eigenvalue weighted by molar-refractivity contribution is -0.203. The van der Waals surface area contributed by atoms with Gasteiger partial charge in [-0.3, -0.25) is 24.8 Å². The summed E-state index contributed by atoms with van der Waals surface area (Å²) in [7, 11) is 0. The molecule has 1 aromatic carbocycles. The van der Waals surface area contributed by atoms with E-state index in [0.29, 0.717) is 32.4 Å². The zero-order valence-corrected chi connectivity index (χ0v) is 23.9. The summed E-state index contributed by atoms with van der Waals surface area (Å²) >= 11 is 0. The molecule has 0 aliphatic carbocycles. The summed E-state index contributed by atoms with van der Waals surface area (Å²) in [6.45, 7) is 12.6. The minimum atomic E-state index is -0.698. The second-order valence-corrected chi connectivity index (χ2v) is 11.2. The Hall–Kier alpha value is -2.71.